The molecule has 1 atom stereocenters. The van der Waals surface area contributed by atoms with E-state index in [1.807, 2.05) is 0 Å². The molecule has 3 heterocycles. The average molecular weight is 329 g/mol. The van der Waals surface area contributed by atoms with Gasteiger partial charge in [0.15, 0.2) is 11.0 Å². The number of amides is 1. The maximum absolute atomic E-state index is 12.0. The van der Waals surface area contributed by atoms with Gasteiger partial charge in [0.25, 0.3) is 11.7 Å². The number of carbonyl (C=O) groups excluding carboxylic acids is 1. The van der Waals surface area contributed by atoms with Gasteiger partial charge < -0.3 is 15.2 Å². The maximum atomic E-state index is 12.0. The molecule has 1 unspecified atom stereocenters. The van der Waals surface area contributed by atoms with Crippen molar-refractivity contribution in [2.45, 2.75) is 18.9 Å². The summed E-state index contributed by atoms with van der Waals surface area (Å²) in [4.78, 5) is 23.6. The van der Waals surface area contributed by atoms with Crippen LogP contribution in [0, 0.1) is 0 Å². The van der Waals surface area contributed by atoms with Crippen LogP contribution in [-0.2, 0) is 0 Å². The summed E-state index contributed by atoms with van der Waals surface area (Å²) in [6.45, 7) is 0.892. The van der Waals surface area contributed by atoms with Gasteiger partial charge in [-0.25, -0.2) is 9.97 Å². The Morgan fingerprint density at radius 3 is 3.05 bits per heavy atom. The van der Waals surface area contributed by atoms with Gasteiger partial charge in [-0.1, -0.05) is 28.4 Å². The van der Waals surface area contributed by atoms with Gasteiger partial charge in [0, 0.05) is 0 Å². The van der Waals surface area contributed by atoms with E-state index in [1.165, 1.54) is 6.33 Å². The van der Waals surface area contributed by atoms with Crippen molar-refractivity contribution in [3.63, 3.8) is 0 Å². The summed E-state index contributed by atoms with van der Waals surface area (Å²) >= 11 is 11.6. The summed E-state index contributed by atoms with van der Waals surface area (Å²) in [5, 5.41) is 9.41. The first-order chi connectivity index (χ1) is 10.1. The van der Waals surface area contributed by atoms with E-state index in [0.717, 1.165) is 19.4 Å². The van der Waals surface area contributed by atoms with E-state index < -0.39 is 5.91 Å². The molecular weight excluding hydrogens is 319 g/mol. The zero-order valence-electron chi connectivity index (χ0n) is 10.6. The predicted octanol–water partition coefficient (Wildman–Crippen LogP) is 1.84. The number of hydrogen-bond donors (Lipinski definition) is 2. The molecule has 1 saturated heterocycles. The zero-order valence-corrected chi connectivity index (χ0v) is 12.1. The molecule has 8 nitrogen and oxygen atoms in total. The molecule has 0 aromatic carbocycles. The fourth-order valence-electron chi connectivity index (χ4n) is 1.96. The minimum Gasteiger partial charge on any atom is -0.337 e. The van der Waals surface area contributed by atoms with Crippen LogP contribution >= 0.6 is 23.2 Å². The van der Waals surface area contributed by atoms with Crippen LogP contribution in [0.3, 0.4) is 0 Å². The maximum Gasteiger partial charge on any atom is 0.298 e. The van der Waals surface area contributed by atoms with Crippen LogP contribution in [0.2, 0.25) is 10.2 Å². The lowest BCUT2D eigenvalue weighted by atomic mass is 10.2. The van der Waals surface area contributed by atoms with Crippen molar-refractivity contribution >= 4 is 34.9 Å². The molecule has 110 valence electrons. The van der Waals surface area contributed by atoms with Crippen LogP contribution in [0.4, 0.5) is 5.82 Å². The van der Waals surface area contributed by atoms with Gasteiger partial charge in [0.05, 0.1) is 6.04 Å². The molecular formula is C11H10Cl2N6O2. The van der Waals surface area contributed by atoms with Crippen LogP contribution < -0.4 is 10.6 Å². The number of halogens is 2. The molecule has 0 radical (unpaired) electrons. The summed E-state index contributed by atoms with van der Waals surface area (Å²) in [5.74, 6) is -0.194. The standard InChI is InChI=1S/C11H10Cl2N6O2/c12-6-7(13)15-4-16-8(6)17-10(20)9-18-11(21-19-9)5-2-1-3-14-5/h4-5,14H,1-3H2,(H,15,16,17,20). The summed E-state index contributed by atoms with van der Waals surface area (Å²) in [6.07, 6.45) is 3.12. The Balaban J connectivity index is 1.75. The van der Waals surface area contributed by atoms with Crippen LogP contribution in [0.25, 0.3) is 0 Å². The van der Waals surface area contributed by atoms with Gasteiger partial charge >= 0.3 is 0 Å². The second-order valence-corrected chi connectivity index (χ2v) is 5.12. The van der Waals surface area contributed by atoms with Gasteiger partial charge in [0.2, 0.25) is 5.89 Å². The number of rotatable bonds is 3. The molecule has 1 amide bonds. The second kappa shape index (κ2) is 5.92. The lowest BCUT2D eigenvalue weighted by Crippen LogP contribution is -2.16. The Kier molecular flexibility index (Phi) is 4.00. The molecule has 0 aliphatic carbocycles. The van der Waals surface area contributed by atoms with Crippen LogP contribution in [0.1, 0.15) is 35.4 Å². The van der Waals surface area contributed by atoms with Crippen molar-refractivity contribution in [3.05, 3.63) is 28.2 Å². The number of nitrogens with zero attached hydrogens (tertiary/aromatic N) is 4. The van der Waals surface area contributed by atoms with Crippen molar-refractivity contribution in [3.8, 4) is 0 Å². The third-order valence-corrected chi connectivity index (χ3v) is 3.72. The first-order valence-corrected chi connectivity index (χ1v) is 6.95. The number of nitrogens with one attached hydrogen (secondary N) is 2. The summed E-state index contributed by atoms with van der Waals surface area (Å²) in [7, 11) is 0. The Morgan fingerprint density at radius 1 is 1.43 bits per heavy atom. The van der Waals surface area contributed by atoms with Gasteiger partial charge in [0.1, 0.15) is 11.3 Å². The third kappa shape index (κ3) is 2.97. The largest absolute Gasteiger partial charge is 0.337 e. The van der Waals surface area contributed by atoms with E-state index in [-0.39, 0.29) is 27.9 Å². The molecule has 2 N–H and O–H groups in total. The van der Waals surface area contributed by atoms with Gasteiger partial charge in [-0.2, -0.15) is 4.98 Å². The molecule has 21 heavy (non-hydrogen) atoms. The SMILES string of the molecule is O=C(Nc1ncnc(Cl)c1Cl)c1noc(C2CCCN2)n1. The third-order valence-electron chi connectivity index (χ3n) is 2.98. The predicted molar refractivity (Wildman–Crippen MR) is 74.3 cm³/mol. The fraction of sp³-hybridized carbons (Fsp3) is 0.364. The fourth-order valence-corrected chi connectivity index (χ4v) is 2.24. The number of hydrogen-bond acceptors (Lipinski definition) is 7. The first kappa shape index (κ1) is 14.2. The normalized spacial score (nSPS) is 17.9. The van der Waals surface area contributed by atoms with Gasteiger partial charge in [-0.15, -0.1) is 0 Å². The molecule has 10 heteroatoms. The highest BCUT2D eigenvalue weighted by Crippen LogP contribution is 2.26. The van der Waals surface area contributed by atoms with Crippen molar-refractivity contribution in [2.24, 2.45) is 0 Å². The number of carbonyl (C=O) groups is 1. The Morgan fingerprint density at radius 2 is 2.29 bits per heavy atom. The molecule has 1 aliphatic rings. The molecule has 2 aromatic heterocycles. The summed E-state index contributed by atoms with van der Waals surface area (Å²) in [5.41, 5.74) is 0. The van der Waals surface area contributed by atoms with Gasteiger partial charge in [-0.05, 0) is 19.4 Å². The highest BCUT2D eigenvalue weighted by molar-refractivity contribution is 6.43. The van der Waals surface area contributed by atoms with Crippen molar-refractivity contribution in [1.29, 1.82) is 0 Å². The highest BCUT2D eigenvalue weighted by atomic mass is 35.5. The van der Waals surface area contributed by atoms with E-state index in [0.29, 0.717) is 5.89 Å². The quantitative estimate of drug-likeness (QED) is 0.828. The summed E-state index contributed by atoms with van der Waals surface area (Å²) < 4.78 is 5.09. The molecule has 3 rings (SSSR count). The van der Waals surface area contributed by atoms with Crippen LogP contribution in [0.5, 0.6) is 0 Å². The monoisotopic (exact) mass is 328 g/mol. The van der Waals surface area contributed by atoms with E-state index in [2.05, 4.69) is 30.7 Å². The second-order valence-electron chi connectivity index (χ2n) is 4.39. The number of aromatic nitrogens is 4. The first-order valence-electron chi connectivity index (χ1n) is 6.19. The summed E-state index contributed by atoms with van der Waals surface area (Å²) in [6, 6.07) is -0.00358. The lowest BCUT2D eigenvalue weighted by molar-refractivity contribution is 0.101. The highest BCUT2D eigenvalue weighted by Gasteiger charge is 2.24. The van der Waals surface area contributed by atoms with Crippen molar-refractivity contribution in [1.82, 2.24) is 25.4 Å². The van der Waals surface area contributed by atoms with E-state index in [4.69, 9.17) is 27.7 Å². The van der Waals surface area contributed by atoms with Gasteiger partial charge in [-0.3, -0.25) is 4.79 Å². The van der Waals surface area contributed by atoms with Crippen molar-refractivity contribution < 1.29 is 9.32 Å². The smallest absolute Gasteiger partial charge is 0.298 e. The zero-order chi connectivity index (χ0) is 14.8. The lowest BCUT2D eigenvalue weighted by Gasteiger charge is -2.03. The number of anilines is 1. The topological polar surface area (TPSA) is 106 Å². The molecule has 0 saturated carbocycles. The van der Waals surface area contributed by atoms with E-state index >= 15 is 0 Å². The Labute approximate surface area is 129 Å². The molecule has 1 aliphatic heterocycles. The Bertz CT molecular complexity index is 670. The van der Waals surface area contributed by atoms with Crippen molar-refractivity contribution in [2.75, 3.05) is 11.9 Å². The molecule has 0 spiro atoms. The minimum absolute atomic E-state index is 0.00358. The van der Waals surface area contributed by atoms with Crippen LogP contribution in [-0.4, -0.2) is 32.6 Å². The Hall–Kier alpha value is -1.77. The average Bonchev–Trinajstić information content (AvgIpc) is 3.13. The minimum atomic E-state index is -0.584. The molecule has 1 fully saturated rings. The van der Waals surface area contributed by atoms with E-state index in [9.17, 15) is 4.79 Å². The van der Waals surface area contributed by atoms with Crippen LogP contribution in [0.15, 0.2) is 10.9 Å². The molecule has 0 bridgehead atoms. The van der Waals surface area contributed by atoms with E-state index in [1.54, 1.807) is 0 Å². The molecule has 2 aromatic rings.